The van der Waals surface area contributed by atoms with Crippen molar-refractivity contribution in [2.75, 3.05) is 25.6 Å². The second kappa shape index (κ2) is 14.2. The lowest BCUT2D eigenvalue weighted by Gasteiger charge is -2.14. The van der Waals surface area contributed by atoms with Gasteiger partial charge in [-0.1, -0.05) is 37.6 Å². The summed E-state index contributed by atoms with van der Waals surface area (Å²) in [5, 5.41) is 7.26. The van der Waals surface area contributed by atoms with E-state index in [9.17, 15) is 4.39 Å². The Morgan fingerprint density at radius 1 is 0.900 bits per heavy atom. The second-order valence-corrected chi connectivity index (χ2v) is 8.70. The molecule has 40 heavy (non-hydrogen) atoms. The summed E-state index contributed by atoms with van der Waals surface area (Å²) in [5.41, 5.74) is 4.00. The summed E-state index contributed by atoms with van der Waals surface area (Å²) in [7, 11) is 1.58. The summed E-state index contributed by atoms with van der Waals surface area (Å²) in [6, 6.07) is 17.7. The molecule has 10 heteroatoms. The zero-order valence-corrected chi connectivity index (χ0v) is 23.2. The molecule has 0 bridgehead atoms. The number of halogens is 2. The number of benzene rings is 2. The zero-order chi connectivity index (χ0) is 28.3. The molecule has 3 heterocycles. The number of rotatable bonds is 10. The molecule has 0 spiro atoms. The predicted molar refractivity (Wildman–Crippen MR) is 157 cm³/mol. The summed E-state index contributed by atoms with van der Waals surface area (Å²) in [5.74, 6) is 1.15. The number of pyridine rings is 2. The van der Waals surface area contributed by atoms with Gasteiger partial charge in [-0.15, -0.1) is 0 Å². The van der Waals surface area contributed by atoms with Crippen molar-refractivity contribution in [3.8, 4) is 22.9 Å². The molecule has 2 aromatic carbocycles. The maximum Gasteiger partial charge on any atom is 0.162 e. The van der Waals surface area contributed by atoms with Crippen LogP contribution in [0.1, 0.15) is 19.4 Å². The monoisotopic (exact) mass is 560 g/mol. The van der Waals surface area contributed by atoms with Crippen LogP contribution < -0.4 is 20.1 Å². The normalized spacial score (nSPS) is 10.5. The van der Waals surface area contributed by atoms with Crippen LogP contribution in [-0.4, -0.2) is 40.2 Å². The predicted octanol–water partition coefficient (Wildman–Crippen LogP) is 6.83. The van der Waals surface area contributed by atoms with Crippen LogP contribution in [-0.2, 0) is 6.54 Å². The summed E-state index contributed by atoms with van der Waals surface area (Å²) < 4.78 is 25.1. The van der Waals surface area contributed by atoms with Crippen molar-refractivity contribution in [3.63, 3.8) is 0 Å². The molecule has 8 nitrogen and oxygen atoms in total. The molecule has 0 unspecified atom stereocenters. The number of ether oxygens (including phenoxy) is 2. The van der Waals surface area contributed by atoms with E-state index in [1.165, 1.54) is 18.5 Å². The lowest BCUT2D eigenvalue weighted by molar-refractivity contribution is 0.292. The van der Waals surface area contributed by atoms with Gasteiger partial charge in [0, 0.05) is 42.6 Å². The first-order chi connectivity index (χ1) is 19.6. The third-order valence-corrected chi connectivity index (χ3v) is 6.01. The van der Waals surface area contributed by atoms with Gasteiger partial charge in [-0.3, -0.25) is 9.97 Å². The fourth-order valence-corrected chi connectivity index (χ4v) is 3.99. The van der Waals surface area contributed by atoms with Crippen LogP contribution >= 0.6 is 11.6 Å². The van der Waals surface area contributed by atoms with Gasteiger partial charge >= 0.3 is 0 Å². The van der Waals surface area contributed by atoms with Crippen LogP contribution in [0, 0.1) is 5.82 Å². The molecule has 2 N–H and O–H groups in total. The average molecular weight is 561 g/mol. The molecule has 0 aliphatic carbocycles. The van der Waals surface area contributed by atoms with E-state index in [0.29, 0.717) is 48.2 Å². The minimum Gasteiger partial charge on any atom is -0.493 e. The van der Waals surface area contributed by atoms with Crippen LogP contribution in [0.15, 0.2) is 79.4 Å². The Bertz CT molecular complexity index is 1540. The van der Waals surface area contributed by atoms with Gasteiger partial charge in [-0.25, -0.2) is 14.4 Å². The first-order valence-corrected chi connectivity index (χ1v) is 13.2. The number of fused-ring (bicyclic) bond motifs is 1. The van der Waals surface area contributed by atoms with Crippen LogP contribution in [0.4, 0.5) is 15.9 Å². The highest BCUT2D eigenvalue weighted by atomic mass is 35.5. The largest absolute Gasteiger partial charge is 0.493 e. The number of nitrogens with one attached hydrogen (secondary N) is 2. The van der Waals surface area contributed by atoms with Crippen molar-refractivity contribution in [2.24, 2.45) is 0 Å². The van der Waals surface area contributed by atoms with Crippen molar-refractivity contribution in [1.29, 1.82) is 0 Å². The minimum atomic E-state index is -0.489. The smallest absolute Gasteiger partial charge is 0.162 e. The van der Waals surface area contributed by atoms with Gasteiger partial charge in [0.2, 0.25) is 0 Å². The lowest BCUT2D eigenvalue weighted by atomic mass is 10.2. The SMILES string of the molecule is CC.COc1cc2ncnc(Nc3ccc(F)c(Cl)c3)c2cc1OCCNCc1ccc(-c2ccccn2)nc1. The molecule has 0 aliphatic heterocycles. The van der Waals surface area contributed by atoms with E-state index in [0.717, 1.165) is 22.3 Å². The minimum absolute atomic E-state index is 0.0199. The fourth-order valence-electron chi connectivity index (χ4n) is 3.81. The topological polar surface area (TPSA) is 94.1 Å². The van der Waals surface area contributed by atoms with Gasteiger partial charge < -0.3 is 20.1 Å². The highest BCUT2D eigenvalue weighted by Gasteiger charge is 2.13. The van der Waals surface area contributed by atoms with E-state index in [4.69, 9.17) is 21.1 Å². The van der Waals surface area contributed by atoms with Crippen molar-refractivity contribution in [2.45, 2.75) is 20.4 Å². The molecular formula is C30H30ClFN6O2. The fraction of sp³-hybridized carbons (Fsp3) is 0.200. The maximum atomic E-state index is 13.6. The highest BCUT2D eigenvalue weighted by Crippen LogP contribution is 2.35. The van der Waals surface area contributed by atoms with Crippen LogP contribution in [0.25, 0.3) is 22.3 Å². The zero-order valence-electron chi connectivity index (χ0n) is 22.5. The van der Waals surface area contributed by atoms with Crippen LogP contribution in [0.5, 0.6) is 11.5 Å². The van der Waals surface area contributed by atoms with Gasteiger partial charge in [-0.2, -0.15) is 0 Å². The number of methoxy groups -OCH3 is 1. The quantitative estimate of drug-likeness (QED) is 0.180. The second-order valence-electron chi connectivity index (χ2n) is 8.29. The Balaban J connectivity index is 0.00000181. The molecule has 0 radical (unpaired) electrons. The number of aromatic nitrogens is 4. The van der Waals surface area contributed by atoms with Gasteiger partial charge in [0.15, 0.2) is 11.5 Å². The summed E-state index contributed by atoms with van der Waals surface area (Å²) in [4.78, 5) is 17.5. The molecular weight excluding hydrogens is 531 g/mol. The molecule has 3 aromatic heterocycles. The number of anilines is 2. The van der Waals surface area contributed by atoms with Crippen molar-refractivity contribution in [3.05, 3.63) is 95.8 Å². The molecule has 0 aliphatic rings. The lowest BCUT2D eigenvalue weighted by Crippen LogP contribution is -2.20. The van der Waals surface area contributed by atoms with Crippen molar-refractivity contribution < 1.29 is 13.9 Å². The van der Waals surface area contributed by atoms with Gasteiger partial charge in [0.25, 0.3) is 0 Å². The standard InChI is InChI=1S/C28H24ClFN6O2.C2H6/c1-37-26-14-25-20(28(35-17-34-25)36-19-6-7-22(30)21(29)12-19)13-27(26)38-11-10-31-15-18-5-8-24(33-16-18)23-4-2-3-9-32-23;1-2/h2-9,12-14,16-17,31H,10-11,15H2,1H3,(H,34,35,36);1-2H3. The third-order valence-electron chi connectivity index (χ3n) is 5.72. The Kier molecular flexibility index (Phi) is 10.1. The summed E-state index contributed by atoms with van der Waals surface area (Å²) in [6.07, 6.45) is 5.04. The van der Waals surface area contributed by atoms with Crippen LogP contribution in [0.2, 0.25) is 5.02 Å². The first-order valence-electron chi connectivity index (χ1n) is 12.9. The molecule has 0 atom stereocenters. The molecule has 0 saturated heterocycles. The Hall–Kier alpha value is -4.34. The van der Waals surface area contributed by atoms with Gasteiger partial charge in [0.1, 0.15) is 24.6 Å². The molecule has 5 aromatic rings. The molecule has 0 saturated carbocycles. The molecule has 0 fully saturated rings. The number of nitrogens with zero attached hydrogens (tertiary/aromatic N) is 4. The van der Waals surface area contributed by atoms with E-state index >= 15 is 0 Å². The van der Waals surface area contributed by atoms with Crippen molar-refractivity contribution in [1.82, 2.24) is 25.3 Å². The first kappa shape index (κ1) is 28.7. The maximum absolute atomic E-state index is 13.6. The molecule has 0 amide bonds. The third kappa shape index (κ3) is 7.19. The van der Waals surface area contributed by atoms with Gasteiger partial charge in [-0.05, 0) is 48.0 Å². The van der Waals surface area contributed by atoms with E-state index < -0.39 is 5.82 Å². The van der Waals surface area contributed by atoms with Gasteiger partial charge in [0.05, 0.1) is 29.0 Å². The van der Waals surface area contributed by atoms with E-state index in [-0.39, 0.29) is 5.02 Å². The van der Waals surface area contributed by atoms with E-state index in [1.807, 2.05) is 56.4 Å². The van der Waals surface area contributed by atoms with Crippen molar-refractivity contribution >= 4 is 34.0 Å². The highest BCUT2D eigenvalue weighted by molar-refractivity contribution is 6.31. The number of hydrogen-bond donors (Lipinski definition) is 2. The Morgan fingerprint density at radius 3 is 2.48 bits per heavy atom. The average Bonchev–Trinajstić information content (AvgIpc) is 3.00. The molecule has 5 rings (SSSR count). The number of hydrogen-bond acceptors (Lipinski definition) is 8. The van der Waals surface area contributed by atoms with E-state index in [1.54, 1.807) is 25.4 Å². The summed E-state index contributed by atoms with van der Waals surface area (Å²) >= 11 is 5.92. The summed E-state index contributed by atoms with van der Waals surface area (Å²) in [6.45, 7) is 5.66. The molecule has 206 valence electrons. The Morgan fingerprint density at radius 2 is 1.75 bits per heavy atom. The van der Waals surface area contributed by atoms with Crippen LogP contribution in [0.3, 0.4) is 0 Å². The Labute approximate surface area is 237 Å². The van der Waals surface area contributed by atoms with E-state index in [2.05, 4.69) is 30.6 Å².